The maximum atomic E-state index is 8.93. The van der Waals surface area contributed by atoms with Gasteiger partial charge in [0.2, 0.25) is 0 Å². The van der Waals surface area contributed by atoms with E-state index in [0.717, 1.165) is 0 Å². The van der Waals surface area contributed by atoms with E-state index in [4.69, 9.17) is 34.8 Å². The SMILES string of the molecule is C=C.O=C([O-])C(=O)[O-].O=C([O-])[O-]. The van der Waals surface area contributed by atoms with E-state index < -0.39 is 18.1 Å². The van der Waals surface area contributed by atoms with Crippen LogP contribution in [-0.4, -0.2) is 18.1 Å². The van der Waals surface area contributed by atoms with Gasteiger partial charge in [0, 0.05) is 0 Å². The van der Waals surface area contributed by atoms with Gasteiger partial charge in [-0.15, -0.1) is 13.2 Å². The molecule has 70 valence electrons. The van der Waals surface area contributed by atoms with Crippen molar-refractivity contribution < 1.29 is 34.8 Å². The molecule has 0 aromatic carbocycles. The first-order valence-electron chi connectivity index (χ1n) is 2.18. The minimum atomic E-state index is -2.33. The lowest BCUT2D eigenvalue weighted by atomic mass is 10.7. The molecule has 0 aromatic heterocycles. The third-order valence-electron chi connectivity index (χ3n) is 0.167. The van der Waals surface area contributed by atoms with Crippen molar-refractivity contribution in [2.75, 3.05) is 0 Å². The lowest BCUT2D eigenvalue weighted by Gasteiger charge is -1.97. The molecule has 0 radical (unpaired) electrons. The van der Waals surface area contributed by atoms with Crippen LogP contribution in [0.3, 0.4) is 0 Å². The second-order valence-corrected chi connectivity index (χ2v) is 0.825. The second-order valence-electron chi connectivity index (χ2n) is 0.825. The fourth-order valence-corrected chi connectivity index (χ4v) is 0. The van der Waals surface area contributed by atoms with Crippen LogP contribution in [0.15, 0.2) is 13.2 Å². The van der Waals surface area contributed by atoms with Crippen LogP contribution in [0.5, 0.6) is 0 Å². The summed E-state index contributed by atoms with van der Waals surface area (Å²) >= 11 is 0. The highest BCUT2D eigenvalue weighted by Gasteiger charge is 1.74. The third-order valence-corrected chi connectivity index (χ3v) is 0.167. The third kappa shape index (κ3) is 101. The van der Waals surface area contributed by atoms with Crippen LogP contribution in [0.25, 0.3) is 0 Å². The summed E-state index contributed by atoms with van der Waals surface area (Å²) in [5, 5.41) is 34.5. The van der Waals surface area contributed by atoms with Gasteiger partial charge < -0.3 is 34.8 Å². The maximum Gasteiger partial charge on any atom is 0.0870 e. The molecule has 12 heavy (non-hydrogen) atoms. The van der Waals surface area contributed by atoms with E-state index in [0.29, 0.717) is 0 Å². The van der Waals surface area contributed by atoms with E-state index in [9.17, 15) is 0 Å². The number of carboxylic acid groups (broad SMARTS) is 4. The van der Waals surface area contributed by atoms with Crippen LogP contribution in [0.2, 0.25) is 0 Å². The van der Waals surface area contributed by atoms with Crippen LogP contribution >= 0.6 is 0 Å². The first-order chi connectivity index (χ1) is 5.37. The number of aliphatic carboxylic acids is 2. The Hall–Kier alpha value is -2.05. The summed E-state index contributed by atoms with van der Waals surface area (Å²) in [6.45, 7) is 6.00. The summed E-state index contributed by atoms with van der Waals surface area (Å²) in [6.07, 6.45) is -2.33. The molecule has 0 saturated heterocycles. The van der Waals surface area contributed by atoms with Gasteiger partial charge in [-0.1, -0.05) is 0 Å². The highest BCUT2D eigenvalue weighted by atomic mass is 16.6. The van der Waals surface area contributed by atoms with E-state index in [1.807, 2.05) is 0 Å². The van der Waals surface area contributed by atoms with E-state index in [-0.39, 0.29) is 0 Å². The number of rotatable bonds is 0. The summed E-state index contributed by atoms with van der Waals surface area (Å²) in [5.74, 6) is -4.37. The molecule has 0 aliphatic rings. The Kier molecular flexibility index (Phi) is 16.1. The standard InChI is InChI=1S/C2H2O4.C2H4.CH2O3/c3-1(4)2(5)6;1-2;2-1(3)4/h(H,3,4)(H,5,6);1-2H2;(H2,2,3,4)/p-4. The molecule has 0 aromatic rings. The second kappa shape index (κ2) is 11.7. The summed E-state index contributed by atoms with van der Waals surface area (Å²) in [6, 6.07) is 0. The van der Waals surface area contributed by atoms with E-state index in [2.05, 4.69) is 13.2 Å². The molecule has 0 aliphatic carbocycles. The minimum absolute atomic E-state index is 2.19. The van der Waals surface area contributed by atoms with Gasteiger partial charge in [-0.3, -0.25) is 0 Å². The lowest BCUT2D eigenvalue weighted by molar-refractivity contribution is -0.415. The molecular formula is C5H4O7-4. The predicted molar refractivity (Wildman–Crippen MR) is 26.7 cm³/mol. The molecule has 0 bridgehead atoms. The van der Waals surface area contributed by atoms with Crippen LogP contribution < -0.4 is 20.4 Å². The van der Waals surface area contributed by atoms with Crippen LogP contribution in [0, 0.1) is 0 Å². The Labute approximate surface area is 67.2 Å². The van der Waals surface area contributed by atoms with Crippen molar-refractivity contribution >= 4 is 18.1 Å². The number of carboxylic acids is 2. The summed E-state index contributed by atoms with van der Waals surface area (Å²) in [4.78, 5) is 26.2. The lowest BCUT2D eigenvalue weighted by Crippen LogP contribution is -2.42. The molecule has 0 heterocycles. The Bertz CT molecular complexity index is 145. The Morgan fingerprint density at radius 3 is 0.833 bits per heavy atom. The zero-order valence-electron chi connectivity index (χ0n) is 5.77. The molecule has 0 atom stereocenters. The van der Waals surface area contributed by atoms with Crippen molar-refractivity contribution in [3.05, 3.63) is 13.2 Å². The van der Waals surface area contributed by atoms with Gasteiger partial charge in [0.05, 0.1) is 11.9 Å². The van der Waals surface area contributed by atoms with Gasteiger partial charge in [0.1, 0.15) is 0 Å². The molecule has 0 unspecified atom stereocenters. The molecule has 7 heteroatoms. The van der Waals surface area contributed by atoms with Crippen molar-refractivity contribution in [3.8, 4) is 0 Å². The van der Waals surface area contributed by atoms with Crippen LogP contribution in [0.1, 0.15) is 0 Å². The molecular weight excluding hydrogens is 172 g/mol. The Morgan fingerprint density at radius 2 is 0.833 bits per heavy atom. The zero-order chi connectivity index (χ0) is 10.7. The van der Waals surface area contributed by atoms with Crippen molar-refractivity contribution in [2.24, 2.45) is 0 Å². The smallest absolute Gasteiger partial charge is 0.0870 e. The fraction of sp³-hybridized carbons (Fsp3) is 0. The number of carbonyl (C=O) groups is 3. The zero-order valence-corrected chi connectivity index (χ0v) is 5.77. The number of hydrogen-bond acceptors (Lipinski definition) is 7. The molecule has 0 N–H and O–H groups in total. The van der Waals surface area contributed by atoms with Gasteiger partial charge >= 0.3 is 0 Å². The molecule has 0 saturated carbocycles. The maximum absolute atomic E-state index is 8.93. The molecule has 0 spiro atoms. The van der Waals surface area contributed by atoms with E-state index >= 15 is 0 Å². The molecule has 0 aliphatic heterocycles. The van der Waals surface area contributed by atoms with Gasteiger partial charge in [-0.25, -0.2) is 0 Å². The van der Waals surface area contributed by atoms with Gasteiger partial charge in [-0.05, 0) is 6.16 Å². The molecule has 0 fully saturated rings. The van der Waals surface area contributed by atoms with Crippen LogP contribution in [-0.2, 0) is 9.59 Å². The van der Waals surface area contributed by atoms with Gasteiger partial charge in [-0.2, -0.15) is 0 Å². The van der Waals surface area contributed by atoms with E-state index in [1.165, 1.54) is 0 Å². The molecule has 7 nitrogen and oxygen atoms in total. The minimum Gasteiger partial charge on any atom is -0.652 e. The quantitative estimate of drug-likeness (QED) is 0.265. The predicted octanol–water partition coefficient (Wildman–Crippen LogP) is -5.16. The van der Waals surface area contributed by atoms with Crippen molar-refractivity contribution in [2.45, 2.75) is 0 Å². The highest BCUT2D eigenvalue weighted by molar-refractivity contribution is 6.25. The number of hydrogen-bond donors (Lipinski definition) is 0. The fourth-order valence-electron chi connectivity index (χ4n) is 0. The van der Waals surface area contributed by atoms with E-state index in [1.54, 1.807) is 0 Å². The topological polar surface area (TPSA) is 143 Å². The highest BCUT2D eigenvalue weighted by Crippen LogP contribution is 1.41. The first-order valence-corrected chi connectivity index (χ1v) is 2.18. The van der Waals surface area contributed by atoms with Crippen molar-refractivity contribution in [1.82, 2.24) is 0 Å². The Morgan fingerprint density at radius 1 is 0.750 bits per heavy atom. The van der Waals surface area contributed by atoms with Crippen LogP contribution in [0.4, 0.5) is 4.79 Å². The molecule has 0 amide bonds. The number of carbonyl (C=O) groups excluding carboxylic acids is 3. The average Bonchev–Trinajstić information content (AvgIpc) is 1.90. The summed E-state index contributed by atoms with van der Waals surface area (Å²) in [5.41, 5.74) is 0. The normalized spacial score (nSPS) is 6.00. The van der Waals surface area contributed by atoms with Crippen molar-refractivity contribution in [3.63, 3.8) is 0 Å². The monoisotopic (exact) mass is 176 g/mol. The van der Waals surface area contributed by atoms with Gasteiger partial charge in [0.15, 0.2) is 0 Å². The average molecular weight is 176 g/mol. The van der Waals surface area contributed by atoms with Gasteiger partial charge in [0.25, 0.3) is 0 Å². The summed E-state index contributed by atoms with van der Waals surface area (Å²) in [7, 11) is 0. The first kappa shape index (κ1) is 16.5. The summed E-state index contributed by atoms with van der Waals surface area (Å²) < 4.78 is 0. The van der Waals surface area contributed by atoms with Crippen molar-refractivity contribution in [1.29, 1.82) is 0 Å². The Balaban J connectivity index is -0.000000118. The largest absolute Gasteiger partial charge is 0.652 e. The molecule has 0 rings (SSSR count).